The van der Waals surface area contributed by atoms with Crippen molar-refractivity contribution < 1.29 is 18.7 Å². The van der Waals surface area contributed by atoms with E-state index < -0.39 is 13.5 Å². The van der Waals surface area contributed by atoms with E-state index in [-0.39, 0.29) is 11.8 Å². The van der Waals surface area contributed by atoms with Crippen molar-refractivity contribution in [3.8, 4) is 0 Å². The summed E-state index contributed by atoms with van der Waals surface area (Å²) < 4.78 is 10.7. The monoisotopic (exact) mass is 334 g/mol. The predicted octanol–water partition coefficient (Wildman–Crippen LogP) is 3.23. The minimum atomic E-state index is -1.54. The van der Waals surface area contributed by atoms with Crippen LogP contribution in [0.1, 0.15) is 32.3 Å². The Labute approximate surface area is 138 Å². The number of hydrogen-bond acceptors (Lipinski definition) is 4. The SMILES string of the molecule is CCOC(=O)C1(C)CCC(=O)C=C1Cc1cocc1[Si](C)(C)C. The summed E-state index contributed by atoms with van der Waals surface area (Å²) in [4.78, 5) is 24.4. The molecule has 2 rings (SSSR count). The molecular weight excluding hydrogens is 308 g/mol. The van der Waals surface area contributed by atoms with E-state index in [0.717, 1.165) is 11.1 Å². The van der Waals surface area contributed by atoms with E-state index in [0.29, 0.717) is 25.9 Å². The van der Waals surface area contributed by atoms with Gasteiger partial charge in [0, 0.05) is 6.42 Å². The van der Waals surface area contributed by atoms with Crippen molar-refractivity contribution in [2.45, 2.75) is 52.8 Å². The summed E-state index contributed by atoms with van der Waals surface area (Å²) in [5.74, 6) is -0.156. The van der Waals surface area contributed by atoms with Crippen molar-refractivity contribution in [1.29, 1.82) is 0 Å². The van der Waals surface area contributed by atoms with E-state index in [1.165, 1.54) is 5.19 Å². The van der Waals surface area contributed by atoms with Gasteiger partial charge in [-0.25, -0.2) is 0 Å². The maximum Gasteiger partial charge on any atom is 0.315 e. The molecule has 0 amide bonds. The third-order valence-corrected chi connectivity index (χ3v) is 6.63. The quantitative estimate of drug-likeness (QED) is 0.613. The molecular formula is C18H26O4Si. The Kier molecular flexibility index (Phi) is 4.99. The lowest BCUT2D eigenvalue weighted by Crippen LogP contribution is -2.40. The van der Waals surface area contributed by atoms with Crippen molar-refractivity contribution in [2.75, 3.05) is 6.61 Å². The molecule has 0 aromatic carbocycles. The van der Waals surface area contributed by atoms with Crippen LogP contribution in [0.4, 0.5) is 0 Å². The third kappa shape index (κ3) is 3.66. The standard InChI is InChI=1S/C18H26O4Si/c1-6-22-17(20)18(2)8-7-15(19)10-14(18)9-13-11-21-12-16(13)23(3,4)5/h10-12H,6-9H2,1-5H3. The van der Waals surface area contributed by atoms with Crippen LogP contribution in [0.25, 0.3) is 0 Å². The van der Waals surface area contributed by atoms with Gasteiger partial charge in [0.15, 0.2) is 5.78 Å². The van der Waals surface area contributed by atoms with Crippen LogP contribution in [0.5, 0.6) is 0 Å². The van der Waals surface area contributed by atoms with Crippen LogP contribution in [0.3, 0.4) is 0 Å². The lowest BCUT2D eigenvalue weighted by atomic mass is 9.72. The Morgan fingerprint density at radius 1 is 1.35 bits per heavy atom. The number of rotatable bonds is 5. The molecule has 0 bridgehead atoms. The number of ether oxygens (including phenoxy) is 1. The van der Waals surface area contributed by atoms with Crippen LogP contribution < -0.4 is 5.19 Å². The maximum atomic E-state index is 12.5. The molecule has 0 saturated carbocycles. The fourth-order valence-corrected chi connectivity index (χ4v) is 4.59. The first-order chi connectivity index (χ1) is 10.7. The van der Waals surface area contributed by atoms with Gasteiger partial charge in [0.1, 0.15) is 0 Å². The summed E-state index contributed by atoms with van der Waals surface area (Å²) in [6.45, 7) is 10.8. The Morgan fingerprint density at radius 2 is 2.04 bits per heavy atom. The molecule has 1 aliphatic rings. The second-order valence-electron chi connectivity index (χ2n) is 7.43. The largest absolute Gasteiger partial charge is 0.472 e. The van der Waals surface area contributed by atoms with Crippen molar-refractivity contribution in [2.24, 2.45) is 5.41 Å². The van der Waals surface area contributed by atoms with Crippen molar-refractivity contribution in [1.82, 2.24) is 0 Å². The minimum absolute atomic E-state index is 0.0832. The van der Waals surface area contributed by atoms with Crippen LogP contribution in [-0.2, 0) is 20.7 Å². The van der Waals surface area contributed by atoms with Gasteiger partial charge in [0.05, 0.1) is 32.6 Å². The number of hydrogen-bond donors (Lipinski definition) is 0. The molecule has 1 unspecified atom stereocenters. The molecule has 1 aliphatic carbocycles. The van der Waals surface area contributed by atoms with E-state index in [9.17, 15) is 9.59 Å². The van der Waals surface area contributed by atoms with Gasteiger partial charge in [-0.15, -0.1) is 0 Å². The number of furan rings is 1. The molecule has 0 aliphatic heterocycles. The van der Waals surface area contributed by atoms with E-state index in [2.05, 4.69) is 19.6 Å². The minimum Gasteiger partial charge on any atom is -0.472 e. The topological polar surface area (TPSA) is 56.5 Å². The number of allylic oxidation sites excluding steroid dienone is 1. The summed E-state index contributed by atoms with van der Waals surface area (Å²) in [5.41, 5.74) is 1.20. The predicted molar refractivity (Wildman–Crippen MR) is 92.5 cm³/mol. The molecule has 1 atom stereocenters. The van der Waals surface area contributed by atoms with Crippen LogP contribution in [-0.4, -0.2) is 26.4 Å². The van der Waals surface area contributed by atoms with Gasteiger partial charge in [-0.3, -0.25) is 9.59 Å². The summed E-state index contributed by atoms with van der Waals surface area (Å²) in [7, 11) is -1.54. The van der Waals surface area contributed by atoms with Gasteiger partial charge in [-0.05, 0) is 49.1 Å². The number of esters is 1. The zero-order valence-corrected chi connectivity index (χ0v) is 15.7. The van der Waals surface area contributed by atoms with Gasteiger partial charge in [0.2, 0.25) is 0 Å². The van der Waals surface area contributed by atoms with Crippen LogP contribution in [0.15, 0.2) is 28.6 Å². The first-order valence-corrected chi connectivity index (χ1v) is 11.6. The van der Waals surface area contributed by atoms with E-state index in [1.54, 1.807) is 19.3 Å². The second-order valence-corrected chi connectivity index (χ2v) is 12.5. The highest BCUT2D eigenvalue weighted by molar-refractivity contribution is 6.89. The molecule has 4 nitrogen and oxygen atoms in total. The average Bonchev–Trinajstić information content (AvgIpc) is 2.91. The summed E-state index contributed by atoms with van der Waals surface area (Å²) in [6.07, 6.45) is 6.67. The van der Waals surface area contributed by atoms with Gasteiger partial charge in [-0.2, -0.15) is 0 Å². The highest BCUT2D eigenvalue weighted by Crippen LogP contribution is 2.39. The molecule has 1 aromatic heterocycles. The number of ketones is 1. The molecule has 0 saturated heterocycles. The Balaban J connectivity index is 2.37. The number of carbonyl (C=O) groups is 2. The molecule has 126 valence electrons. The normalized spacial score (nSPS) is 22.0. The Bertz CT molecular complexity index is 636. The van der Waals surface area contributed by atoms with Crippen LogP contribution in [0, 0.1) is 5.41 Å². The molecule has 0 N–H and O–H groups in total. The summed E-state index contributed by atoms with van der Waals surface area (Å²) >= 11 is 0. The Hall–Kier alpha value is -1.62. The smallest absolute Gasteiger partial charge is 0.315 e. The maximum absolute atomic E-state index is 12.5. The van der Waals surface area contributed by atoms with Crippen LogP contribution >= 0.6 is 0 Å². The second kappa shape index (κ2) is 6.47. The van der Waals surface area contributed by atoms with Gasteiger partial charge in [-0.1, -0.05) is 19.6 Å². The highest BCUT2D eigenvalue weighted by atomic mass is 28.3. The average molecular weight is 334 g/mol. The fraction of sp³-hybridized carbons (Fsp3) is 0.556. The van der Waals surface area contributed by atoms with E-state index >= 15 is 0 Å². The zero-order valence-electron chi connectivity index (χ0n) is 14.7. The molecule has 0 fully saturated rings. The lowest BCUT2D eigenvalue weighted by Gasteiger charge is -2.33. The Morgan fingerprint density at radius 3 is 2.65 bits per heavy atom. The van der Waals surface area contributed by atoms with Gasteiger partial charge < -0.3 is 9.15 Å². The zero-order chi connectivity index (χ0) is 17.3. The van der Waals surface area contributed by atoms with E-state index in [1.807, 2.05) is 13.2 Å². The third-order valence-electron chi connectivity index (χ3n) is 4.57. The molecule has 0 spiro atoms. The van der Waals surface area contributed by atoms with Crippen molar-refractivity contribution >= 4 is 25.0 Å². The van der Waals surface area contributed by atoms with E-state index in [4.69, 9.17) is 9.15 Å². The fourth-order valence-electron chi connectivity index (χ4n) is 3.05. The summed E-state index contributed by atoms with van der Waals surface area (Å²) in [6, 6.07) is 0. The van der Waals surface area contributed by atoms with Gasteiger partial charge in [0.25, 0.3) is 0 Å². The molecule has 23 heavy (non-hydrogen) atoms. The van der Waals surface area contributed by atoms with Crippen molar-refractivity contribution in [3.05, 3.63) is 29.7 Å². The molecule has 1 aromatic rings. The first kappa shape index (κ1) is 17.7. The number of carbonyl (C=O) groups excluding carboxylic acids is 2. The molecule has 0 radical (unpaired) electrons. The van der Waals surface area contributed by atoms with Crippen molar-refractivity contribution in [3.63, 3.8) is 0 Å². The lowest BCUT2D eigenvalue weighted by molar-refractivity contribution is -0.153. The molecule has 5 heteroatoms. The van der Waals surface area contributed by atoms with Crippen LogP contribution in [0.2, 0.25) is 19.6 Å². The first-order valence-electron chi connectivity index (χ1n) is 8.15. The summed E-state index contributed by atoms with van der Waals surface area (Å²) in [5, 5.41) is 1.24. The molecule has 1 heterocycles. The van der Waals surface area contributed by atoms with Gasteiger partial charge >= 0.3 is 5.97 Å². The highest BCUT2D eigenvalue weighted by Gasteiger charge is 2.41.